The average molecular weight is 385 g/mol. The monoisotopic (exact) mass is 385 g/mol. The van der Waals surface area contributed by atoms with Gasteiger partial charge < -0.3 is 24.3 Å². The number of carbonyl (C=O) groups excluding carboxylic acids is 2. The first-order valence-corrected chi connectivity index (χ1v) is 8.82. The minimum atomic E-state index is -0.444. The summed E-state index contributed by atoms with van der Waals surface area (Å²) < 4.78 is 21.6. The molecule has 0 unspecified atom stereocenters. The standard InChI is InChI=1S/C19H19N3O6/c23-18(22-21-9-12-1-3-15-16(7-12)28-11-27-15)10-20-19(24)13-2-4-14-17(8-13)26-6-5-25-14/h1-4,7-9,14,17H,5-6,10-11H2,(H,20,24)(H,22,23)/b21-9-/t14-,17+/m0/s1. The van der Waals surface area contributed by atoms with Crippen molar-refractivity contribution in [3.63, 3.8) is 0 Å². The van der Waals surface area contributed by atoms with E-state index in [-0.39, 0.29) is 31.5 Å². The van der Waals surface area contributed by atoms with Crippen molar-refractivity contribution in [2.45, 2.75) is 12.2 Å². The quantitative estimate of drug-likeness (QED) is 0.556. The number of hydrazone groups is 1. The van der Waals surface area contributed by atoms with Crippen LogP contribution in [0.4, 0.5) is 0 Å². The highest BCUT2D eigenvalue weighted by Crippen LogP contribution is 2.31. The second-order valence-electron chi connectivity index (χ2n) is 6.24. The molecule has 0 saturated carbocycles. The molecule has 2 aliphatic heterocycles. The summed E-state index contributed by atoms with van der Waals surface area (Å²) in [4.78, 5) is 24.1. The molecule has 2 N–H and O–H groups in total. The molecule has 0 radical (unpaired) electrons. The van der Waals surface area contributed by atoms with Gasteiger partial charge in [-0.15, -0.1) is 0 Å². The summed E-state index contributed by atoms with van der Waals surface area (Å²) >= 11 is 0. The summed E-state index contributed by atoms with van der Waals surface area (Å²) in [5.41, 5.74) is 3.54. The molecular formula is C19H19N3O6. The van der Waals surface area contributed by atoms with Crippen molar-refractivity contribution in [1.29, 1.82) is 0 Å². The third-order valence-corrected chi connectivity index (χ3v) is 4.31. The summed E-state index contributed by atoms with van der Waals surface area (Å²) in [5, 5.41) is 6.43. The van der Waals surface area contributed by atoms with Gasteiger partial charge in [-0.3, -0.25) is 9.59 Å². The Morgan fingerprint density at radius 1 is 1.14 bits per heavy atom. The van der Waals surface area contributed by atoms with Gasteiger partial charge in [0.15, 0.2) is 11.5 Å². The van der Waals surface area contributed by atoms with Crippen molar-refractivity contribution in [2.75, 3.05) is 26.6 Å². The summed E-state index contributed by atoms with van der Waals surface area (Å²) in [5.74, 6) is 0.497. The fraction of sp³-hybridized carbons (Fsp3) is 0.316. The number of hydrogen-bond donors (Lipinski definition) is 2. The van der Waals surface area contributed by atoms with E-state index in [1.165, 1.54) is 6.21 Å². The zero-order valence-electron chi connectivity index (χ0n) is 14.9. The van der Waals surface area contributed by atoms with E-state index in [0.29, 0.717) is 30.3 Å². The zero-order valence-corrected chi connectivity index (χ0v) is 14.9. The zero-order chi connectivity index (χ0) is 19.3. The summed E-state index contributed by atoms with van der Waals surface area (Å²) in [6.07, 6.45) is 6.19. The van der Waals surface area contributed by atoms with E-state index >= 15 is 0 Å². The normalized spacial score (nSPS) is 22.5. The second kappa shape index (κ2) is 8.24. The van der Waals surface area contributed by atoms with Crippen LogP contribution >= 0.6 is 0 Å². The minimum Gasteiger partial charge on any atom is -0.454 e. The third kappa shape index (κ3) is 4.21. The van der Waals surface area contributed by atoms with Gasteiger partial charge >= 0.3 is 0 Å². The van der Waals surface area contributed by atoms with Crippen molar-refractivity contribution in [3.05, 3.63) is 47.6 Å². The third-order valence-electron chi connectivity index (χ3n) is 4.31. The molecule has 9 nitrogen and oxygen atoms in total. The molecule has 2 amide bonds. The molecule has 2 heterocycles. The fourth-order valence-corrected chi connectivity index (χ4v) is 2.92. The first-order valence-electron chi connectivity index (χ1n) is 8.82. The maximum atomic E-state index is 12.2. The Kier molecular flexibility index (Phi) is 5.36. The predicted octanol–water partition coefficient (Wildman–Crippen LogP) is 0.262. The molecule has 0 aromatic heterocycles. The van der Waals surface area contributed by atoms with Gasteiger partial charge in [-0.1, -0.05) is 12.2 Å². The maximum Gasteiger partial charge on any atom is 0.259 e. The molecule has 2 atom stereocenters. The number of benzene rings is 1. The molecule has 1 saturated heterocycles. The maximum absolute atomic E-state index is 12.2. The number of nitrogens with zero attached hydrogens (tertiary/aromatic N) is 1. The van der Waals surface area contributed by atoms with Crippen LogP contribution in [-0.2, 0) is 19.1 Å². The summed E-state index contributed by atoms with van der Waals surface area (Å²) in [7, 11) is 0. The Labute approximate surface area is 161 Å². The van der Waals surface area contributed by atoms with Crippen LogP contribution in [0.25, 0.3) is 0 Å². The van der Waals surface area contributed by atoms with Gasteiger partial charge in [0.25, 0.3) is 11.8 Å². The number of rotatable bonds is 5. The average Bonchev–Trinajstić information content (AvgIpc) is 3.19. The first-order chi connectivity index (χ1) is 13.7. The SMILES string of the molecule is O=C(CNC(=O)C1=C[C@H]2OCCO[C@H]2C=C1)N/N=C\c1ccc2c(c1)OCO2. The number of carbonyl (C=O) groups is 2. The molecule has 1 aromatic carbocycles. The van der Waals surface area contributed by atoms with Crippen LogP contribution in [0.15, 0.2) is 47.1 Å². The van der Waals surface area contributed by atoms with E-state index in [9.17, 15) is 9.59 Å². The van der Waals surface area contributed by atoms with Gasteiger partial charge in [0, 0.05) is 5.57 Å². The van der Waals surface area contributed by atoms with Crippen LogP contribution in [0.5, 0.6) is 11.5 Å². The lowest BCUT2D eigenvalue weighted by Crippen LogP contribution is -2.40. The number of amides is 2. The van der Waals surface area contributed by atoms with Gasteiger partial charge in [0.1, 0.15) is 12.2 Å². The van der Waals surface area contributed by atoms with Crippen LogP contribution in [0.1, 0.15) is 5.56 Å². The topological polar surface area (TPSA) is 107 Å². The Morgan fingerprint density at radius 2 is 1.96 bits per heavy atom. The summed E-state index contributed by atoms with van der Waals surface area (Å²) in [6.45, 7) is 1.02. The van der Waals surface area contributed by atoms with Crippen LogP contribution in [-0.4, -0.2) is 56.8 Å². The molecule has 1 aliphatic carbocycles. The minimum absolute atomic E-state index is 0.167. The van der Waals surface area contributed by atoms with Gasteiger partial charge in [-0.25, -0.2) is 5.43 Å². The molecule has 28 heavy (non-hydrogen) atoms. The van der Waals surface area contributed by atoms with Gasteiger partial charge in [-0.2, -0.15) is 5.10 Å². The number of ether oxygens (including phenoxy) is 4. The lowest BCUT2D eigenvalue weighted by molar-refractivity contribution is -0.124. The molecule has 0 bridgehead atoms. The lowest BCUT2D eigenvalue weighted by Gasteiger charge is -2.30. The van der Waals surface area contributed by atoms with Crippen molar-refractivity contribution in [2.24, 2.45) is 5.10 Å². The van der Waals surface area contributed by atoms with E-state index in [1.54, 1.807) is 36.4 Å². The Balaban J connectivity index is 1.24. The molecule has 0 spiro atoms. The van der Waals surface area contributed by atoms with Gasteiger partial charge in [-0.05, 0) is 29.8 Å². The molecular weight excluding hydrogens is 366 g/mol. The summed E-state index contributed by atoms with van der Waals surface area (Å²) in [6, 6.07) is 5.31. The fourth-order valence-electron chi connectivity index (χ4n) is 2.92. The largest absolute Gasteiger partial charge is 0.454 e. The van der Waals surface area contributed by atoms with Crippen LogP contribution in [0.2, 0.25) is 0 Å². The molecule has 4 rings (SSSR count). The van der Waals surface area contributed by atoms with Crippen LogP contribution in [0, 0.1) is 0 Å². The van der Waals surface area contributed by atoms with Crippen molar-refractivity contribution >= 4 is 18.0 Å². The molecule has 1 fully saturated rings. The van der Waals surface area contributed by atoms with E-state index < -0.39 is 5.91 Å². The van der Waals surface area contributed by atoms with Crippen molar-refractivity contribution < 1.29 is 28.5 Å². The highest BCUT2D eigenvalue weighted by molar-refractivity contribution is 5.98. The smallest absolute Gasteiger partial charge is 0.259 e. The first kappa shape index (κ1) is 18.2. The number of hydrogen-bond acceptors (Lipinski definition) is 7. The van der Waals surface area contributed by atoms with Gasteiger partial charge in [0.05, 0.1) is 26.0 Å². The van der Waals surface area contributed by atoms with E-state index in [1.807, 2.05) is 0 Å². The molecule has 3 aliphatic rings. The number of nitrogens with one attached hydrogen (secondary N) is 2. The lowest BCUT2D eigenvalue weighted by atomic mass is 10.0. The molecule has 9 heteroatoms. The highest BCUT2D eigenvalue weighted by atomic mass is 16.7. The Morgan fingerprint density at radius 3 is 2.86 bits per heavy atom. The van der Waals surface area contributed by atoms with Crippen molar-refractivity contribution in [1.82, 2.24) is 10.7 Å². The highest BCUT2D eigenvalue weighted by Gasteiger charge is 2.27. The Bertz CT molecular complexity index is 863. The van der Waals surface area contributed by atoms with E-state index in [0.717, 1.165) is 5.56 Å². The van der Waals surface area contributed by atoms with Crippen LogP contribution < -0.4 is 20.2 Å². The number of fused-ring (bicyclic) bond motifs is 2. The van der Waals surface area contributed by atoms with Gasteiger partial charge in [0.2, 0.25) is 6.79 Å². The second-order valence-corrected chi connectivity index (χ2v) is 6.24. The molecule has 146 valence electrons. The van der Waals surface area contributed by atoms with Crippen molar-refractivity contribution in [3.8, 4) is 11.5 Å². The van der Waals surface area contributed by atoms with E-state index in [2.05, 4.69) is 15.8 Å². The van der Waals surface area contributed by atoms with E-state index in [4.69, 9.17) is 18.9 Å². The predicted molar refractivity (Wildman–Crippen MR) is 98.0 cm³/mol. The Hall–Kier alpha value is -3.17. The van der Waals surface area contributed by atoms with Crippen LogP contribution in [0.3, 0.4) is 0 Å². The molecule has 1 aromatic rings.